The third-order valence-electron chi connectivity index (χ3n) is 5.37. The second kappa shape index (κ2) is 8.30. The fourth-order valence-corrected chi connectivity index (χ4v) is 4.26. The Hall–Kier alpha value is -2.78. The van der Waals surface area contributed by atoms with Crippen molar-refractivity contribution in [2.75, 3.05) is 6.26 Å². The van der Waals surface area contributed by atoms with Gasteiger partial charge >= 0.3 is 0 Å². The summed E-state index contributed by atoms with van der Waals surface area (Å²) in [6.07, 6.45) is 4.46. The molecule has 0 atom stereocenters. The number of carbonyl (C=O) groups excluding carboxylic acids is 1. The van der Waals surface area contributed by atoms with Crippen LogP contribution < -0.4 is 0 Å². The van der Waals surface area contributed by atoms with Crippen LogP contribution in [0.4, 0.5) is 0 Å². The maximum atomic E-state index is 13.2. The zero-order valence-corrected chi connectivity index (χ0v) is 17.9. The molecule has 1 aromatic heterocycles. The summed E-state index contributed by atoms with van der Waals surface area (Å²) in [6.45, 7) is 4.42. The minimum atomic E-state index is 0.0892. The molecule has 0 saturated carbocycles. The average Bonchev–Trinajstić information content (AvgIpc) is 3.14. The lowest BCUT2D eigenvalue weighted by atomic mass is 9.92. The summed E-state index contributed by atoms with van der Waals surface area (Å²) in [5, 5.41) is 1.12. The van der Waals surface area contributed by atoms with Gasteiger partial charge in [-0.25, -0.2) is 0 Å². The zero-order valence-electron chi connectivity index (χ0n) is 17.1. The van der Waals surface area contributed by atoms with Gasteiger partial charge < -0.3 is 0 Å². The Morgan fingerprint density at radius 1 is 0.897 bits per heavy atom. The van der Waals surface area contributed by atoms with Gasteiger partial charge in [0.25, 0.3) is 0 Å². The predicted octanol–water partition coefficient (Wildman–Crippen LogP) is 7.04. The highest BCUT2D eigenvalue weighted by Crippen LogP contribution is 2.35. The molecule has 1 heterocycles. The highest BCUT2D eigenvalue weighted by molar-refractivity contribution is 7.98. The van der Waals surface area contributed by atoms with Crippen molar-refractivity contribution in [3.63, 3.8) is 0 Å². The van der Waals surface area contributed by atoms with Gasteiger partial charge in [-0.1, -0.05) is 68.4 Å². The highest BCUT2D eigenvalue weighted by Gasteiger charge is 2.17. The normalized spacial score (nSPS) is 11.3. The second-order valence-electron chi connectivity index (χ2n) is 7.59. The topological polar surface area (TPSA) is 22.0 Å². The molecule has 4 aromatic rings. The summed E-state index contributed by atoms with van der Waals surface area (Å²) < 4.78 is 1.82. The number of fused-ring (bicyclic) bond motifs is 1. The van der Waals surface area contributed by atoms with Crippen molar-refractivity contribution in [1.29, 1.82) is 0 Å². The molecular formula is C26H25NOS. The number of benzene rings is 3. The minimum absolute atomic E-state index is 0.0892. The molecule has 0 radical (unpaired) electrons. The first-order valence-electron chi connectivity index (χ1n) is 9.94. The smallest absolute Gasteiger partial charge is 0.235 e. The lowest BCUT2D eigenvalue weighted by Gasteiger charge is -2.11. The number of thioether (sulfide) groups is 1. The van der Waals surface area contributed by atoms with E-state index in [1.165, 1.54) is 16.0 Å². The van der Waals surface area contributed by atoms with Gasteiger partial charge in [-0.3, -0.25) is 9.36 Å². The zero-order chi connectivity index (χ0) is 20.4. The summed E-state index contributed by atoms with van der Waals surface area (Å²) in [5.41, 5.74) is 5.63. The van der Waals surface area contributed by atoms with Crippen molar-refractivity contribution < 1.29 is 4.79 Å². The molecular weight excluding hydrogens is 374 g/mol. The maximum absolute atomic E-state index is 13.2. The number of aromatic nitrogens is 1. The van der Waals surface area contributed by atoms with Crippen molar-refractivity contribution in [1.82, 2.24) is 4.57 Å². The van der Waals surface area contributed by atoms with E-state index in [2.05, 4.69) is 62.6 Å². The van der Waals surface area contributed by atoms with Crippen molar-refractivity contribution in [2.24, 2.45) is 0 Å². The van der Waals surface area contributed by atoms with Crippen LogP contribution in [0.1, 0.15) is 35.7 Å². The Morgan fingerprint density at radius 3 is 2.31 bits per heavy atom. The van der Waals surface area contributed by atoms with Gasteiger partial charge in [0.2, 0.25) is 5.91 Å². The largest absolute Gasteiger partial charge is 0.286 e. The summed E-state index contributed by atoms with van der Waals surface area (Å²) in [4.78, 5) is 14.4. The Bertz CT molecular complexity index is 1160. The molecule has 0 fully saturated rings. The average molecular weight is 400 g/mol. The molecule has 0 spiro atoms. The molecule has 0 unspecified atom stereocenters. The molecule has 29 heavy (non-hydrogen) atoms. The molecule has 0 amide bonds. The lowest BCUT2D eigenvalue weighted by Crippen LogP contribution is -2.12. The van der Waals surface area contributed by atoms with Crippen molar-refractivity contribution in [3.05, 3.63) is 90.1 Å². The van der Waals surface area contributed by atoms with E-state index < -0.39 is 0 Å². The Labute approximate surface area is 176 Å². The van der Waals surface area contributed by atoms with Crippen molar-refractivity contribution >= 4 is 28.6 Å². The van der Waals surface area contributed by atoms with E-state index in [1.54, 1.807) is 11.8 Å². The van der Waals surface area contributed by atoms with Crippen LogP contribution in [0.3, 0.4) is 0 Å². The Morgan fingerprint density at radius 2 is 1.59 bits per heavy atom. The van der Waals surface area contributed by atoms with Crippen LogP contribution in [-0.2, 0) is 6.42 Å². The highest BCUT2D eigenvalue weighted by atomic mass is 32.2. The number of nitrogens with zero attached hydrogens (tertiary/aromatic N) is 1. The number of para-hydroxylation sites is 1. The van der Waals surface area contributed by atoms with E-state index in [4.69, 9.17) is 0 Å². The fraction of sp³-hybridized carbons (Fsp3) is 0.192. The van der Waals surface area contributed by atoms with Gasteiger partial charge in [0, 0.05) is 22.0 Å². The van der Waals surface area contributed by atoms with E-state index in [9.17, 15) is 4.79 Å². The first-order chi connectivity index (χ1) is 14.1. The molecule has 0 aliphatic carbocycles. The van der Waals surface area contributed by atoms with Gasteiger partial charge in [-0.2, -0.15) is 0 Å². The van der Waals surface area contributed by atoms with Crippen LogP contribution in [0, 0.1) is 0 Å². The predicted molar refractivity (Wildman–Crippen MR) is 124 cm³/mol. The first-order valence-corrected chi connectivity index (χ1v) is 11.2. The number of hydrogen-bond donors (Lipinski definition) is 0. The van der Waals surface area contributed by atoms with Crippen LogP contribution in [0.15, 0.2) is 83.9 Å². The lowest BCUT2D eigenvalue weighted by molar-refractivity contribution is 0.0919. The monoisotopic (exact) mass is 399 g/mol. The molecule has 0 saturated heterocycles. The summed E-state index contributed by atoms with van der Waals surface area (Å²) >= 11 is 1.71. The molecule has 4 rings (SSSR count). The number of hydrogen-bond acceptors (Lipinski definition) is 2. The second-order valence-corrected chi connectivity index (χ2v) is 8.47. The minimum Gasteiger partial charge on any atom is -0.286 e. The van der Waals surface area contributed by atoms with Crippen LogP contribution in [0.5, 0.6) is 0 Å². The van der Waals surface area contributed by atoms with Crippen LogP contribution >= 0.6 is 11.8 Å². The molecule has 3 heteroatoms. The van der Waals surface area contributed by atoms with Gasteiger partial charge in [0.15, 0.2) is 0 Å². The third kappa shape index (κ3) is 3.88. The number of carbonyl (C=O) groups is 1. The standard InChI is InChI=1S/C26H25NOS/c1-18(2)21-8-4-5-9-22(21)24-17-27(25-11-7-6-10-23(24)25)26(28)16-19-12-14-20(29-3)15-13-19/h4-15,17-18H,16H2,1-3H3. The van der Waals surface area contributed by atoms with E-state index >= 15 is 0 Å². The fourth-order valence-electron chi connectivity index (χ4n) is 3.85. The van der Waals surface area contributed by atoms with Gasteiger partial charge in [-0.15, -0.1) is 11.8 Å². The molecule has 146 valence electrons. The molecule has 0 aliphatic rings. The van der Waals surface area contributed by atoms with Gasteiger partial charge in [0.1, 0.15) is 0 Å². The van der Waals surface area contributed by atoms with Crippen LogP contribution in [0.2, 0.25) is 0 Å². The molecule has 0 bridgehead atoms. The summed E-state index contributed by atoms with van der Waals surface area (Å²) in [5.74, 6) is 0.505. The van der Waals surface area contributed by atoms with Crippen LogP contribution in [0.25, 0.3) is 22.0 Å². The van der Waals surface area contributed by atoms with E-state index in [0.29, 0.717) is 12.3 Å². The quantitative estimate of drug-likeness (QED) is 0.336. The van der Waals surface area contributed by atoms with Crippen molar-refractivity contribution in [2.45, 2.75) is 31.1 Å². The number of rotatable bonds is 5. The third-order valence-corrected chi connectivity index (χ3v) is 6.11. The Kier molecular flexibility index (Phi) is 5.59. The summed E-state index contributed by atoms with van der Waals surface area (Å²) in [6, 6.07) is 24.9. The van der Waals surface area contributed by atoms with E-state index in [1.807, 2.05) is 41.1 Å². The first kappa shape index (κ1) is 19.5. The van der Waals surface area contributed by atoms with Crippen molar-refractivity contribution in [3.8, 4) is 11.1 Å². The summed E-state index contributed by atoms with van der Waals surface area (Å²) in [7, 11) is 0. The molecule has 0 aliphatic heterocycles. The molecule has 2 nitrogen and oxygen atoms in total. The SMILES string of the molecule is CSc1ccc(CC(=O)n2cc(-c3ccccc3C(C)C)c3ccccc32)cc1. The maximum Gasteiger partial charge on any atom is 0.235 e. The molecule has 0 N–H and O–H groups in total. The molecule has 3 aromatic carbocycles. The van der Waals surface area contributed by atoms with Gasteiger partial charge in [-0.05, 0) is 47.1 Å². The Balaban J connectivity index is 1.77. The van der Waals surface area contributed by atoms with Crippen LogP contribution in [-0.4, -0.2) is 16.7 Å². The van der Waals surface area contributed by atoms with E-state index in [-0.39, 0.29) is 5.91 Å². The van der Waals surface area contributed by atoms with E-state index in [0.717, 1.165) is 22.0 Å². The van der Waals surface area contributed by atoms with Gasteiger partial charge in [0.05, 0.1) is 11.9 Å².